The minimum Gasteiger partial charge on any atom is -0.505 e. The Morgan fingerprint density at radius 2 is 2.00 bits per heavy atom. The van der Waals surface area contributed by atoms with Gasteiger partial charge < -0.3 is 9.84 Å². The highest BCUT2D eigenvalue weighted by atomic mass is 16.5. The largest absolute Gasteiger partial charge is 0.505 e. The van der Waals surface area contributed by atoms with Crippen LogP contribution in [-0.4, -0.2) is 18.7 Å². The predicted octanol–water partition coefficient (Wildman–Crippen LogP) is 0.477. The molecule has 0 spiro atoms. The van der Waals surface area contributed by atoms with E-state index in [1.807, 2.05) is 0 Å². The van der Waals surface area contributed by atoms with Gasteiger partial charge in [0.25, 0.3) is 6.47 Å². The van der Waals surface area contributed by atoms with Gasteiger partial charge in [0.1, 0.15) is 0 Å². The maximum Gasteiger partial charge on any atom is 0.290 e. The average molecular weight is 104 g/mol. The third kappa shape index (κ3) is 454000. The van der Waals surface area contributed by atoms with E-state index in [1.54, 1.807) is 7.11 Å². The fourth-order valence-corrected chi connectivity index (χ4v) is 0. The molecule has 0 aromatic heterocycles. The van der Waals surface area contributed by atoms with Crippen LogP contribution in [0.1, 0.15) is 0 Å². The first-order chi connectivity index (χ1) is 3.33. The van der Waals surface area contributed by atoms with E-state index < -0.39 is 0 Å². The Morgan fingerprint density at radius 3 is 2.00 bits per heavy atom. The van der Waals surface area contributed by atoms with Crippen LogP contribution in [0, 0.1) is 0 Å². The Morgan fingerprint density at radius 1 is 1.86 bits per heavy atom. The van der Waals surface area contributed by atoms with Gasteiger partial charge in [-0.2, -0.15) is 0 Å². The summed E-state index contributed by atoms with van der Waals surface area (Å²) in [4.78, 5) is 8.36. The highest BCUT2D eigenvalue weighted by Gasteiger charge is 1.36. The first-order valence-corrected chi connectivity index (χ1v) is 1.55. The topological polar surface area (TPSA) is 46.5 Å². The zero-order valence-corrected chi connectivity index (χ0v) is 4.13. The molecular formula is C4H8O3. The van der Waals surface area contributed by atoms with Crippen LogP contribution < -0.4 is 0 Å². The summed E-state index contributed by atoms with van der Waals surface area (Å²) in [5, 5.41) is 6.89. The summed E-state index contributed by atoms with van der Waals surface area (Å²) in [6, 6.07) is 0. The summed E-state index contributed by atoms with van der Waals surface area (Å²) in [5.74, 6) is 0. The molecule has 0 radical (unpaired) electrons. The predicted molar refractivity (Wildman–Crippen MR) is 25.9 cm³/mol. The van der Waals surface area contributed by atoms with Gasteiger partial charge in [-0.25, -0.2) is 0 Å². The third-order valence-electron chi connectivity index (χ3n) is 0.167. The smallest absolute Gasteiger partial charge is 0.290 e. The van der Waals surface area contributed by atoms with E-state index >= 15 is 0 Å². The average Bonchev–Trinajstić information content (AvgIpc) is 1.69. The maximum atomic E-state index is 8.36. The van der Waals surface area contributed by atoms with Crippen molar-refractivity contribution in [3.05, 3.63) is 12.8 Å². The van der Waals surface area contributed by atoms with Crippen LogP contribution in [0.2, 0.25) is 0 Å². The quantitative estimate of drug-likeness (QED) is 0.388. The van der Waals surface area contributed by atoms with E-state index in [1.165, 1.54) is 6.26 Å². The van der Waals surface area contributed by atoms with Crippen molar-refractivity contribution in [3.8, 4) is 0 Å². The maximum absolute atomic E-state index is 8.36. The van der Waals surface area contributed by atoms with Crippen molar-refractivity contribution in [2.75, 3.05) is 7.11 Å². The zero-order valence-electron chi connectivity index (χ0n) is 4.13. The number of ether oxygens (including phenoxy) is 1. The standard InChI is InChI=1S/C3H6O.CH2O2/c1-3-4-2;2-1-3/h3H,1H2,2H3;1H,(H,2,3). The molecule has 3 heteroatoms. The van der Waals surface area contributed by atoms with Gasteiger partial charge in [-0.3, -0.25) is 4.79 Å². The highest BCUT2D eigenvalue weighted by Crippen LogP contribution is 1.52. The molecule has 7 heavy (non-hydrogen) atoms. The van der Waals surface area contributed by atoms with Crippen LogP contribution in [0.25, 0.3) is 0 Å². The number of methoxy groups -OCH3 is 1. The molecule has 0 unspecified atom stereocenters. The molecule has 0 aliphatic rings. The van der Waals surface area contributed by atoms with Crippen LogP contribution >= 0.6 is 0 Å². The van der Waals surface area contributed by atoms with Crippen LogP contribution in [0.3, 0.4) is 0 Å². The highest BCUT2D eigenvalue weighted by molar-refractivity contribution is 5.32. The normalized spacial score (nSPS) is 4.71. The lowest BCUT2D eigenvalue weighted by Gasteiger charge is -1.73. The minimum absolute atomic E-state index is 0.250. The third-order valence-corrected chi connectivity index (χ3v) is 0.167. The Balaban J connectivity index is 0. The van der Waals surface area contributed by atoms with Gasteiger partial charge in [-0.1, -0.05) is 6.58 Å². The van der Waals surface area contributed by atoms with Crippen molar-refractivity contribution in [2.24, 2.45) is 0 Å². The second kappa shape index (κ2) is 19.9. The van der Waals surface area contributed by atoms with Gasteiger partial charge >= 0.3 is 0 Å². The number of carbonyl (C=O) groups is 1. The van der Waals surface area contributed by atoms with Crippen molar-refractivity contribution in [1.82, 2.24) is 0 Å². The van der Waals surface area contributed by atoms with E-state index in [0.29, 0.717) is 0 Å². The molecule has 1 N–H and O–H groups in total. The van der Waals surface area contributed by atoms with E-state index in [9.17, 15) is 0 Å². The van der Waals surface area contributed by atoms with Crippen LogP contribution in [-0.2, 0) is 9.53 Å². The van der Waals surface area contributed by atoms with Crippen molar-refractivity contribution in [2.45, 2.75) is 0 Å². The SMILES string of the molecule is C=COC.O=CO. The molecule has 0 heterocycles. The lowest BCUT2D eigenvalue weighted by Crippen LogP contribution is -1.54. The van der Waals surface area contributed by atoms with E-state index in [4.69, 9.17) is 9.90 Å². The van der Waals surface area contributed by atoms with Gasteiger partial charge in [0, 0.05) is 0 Å². The number of rotatable bonds is 1. The Bertz CT molecular complexity index is 42.2. The molecule has 0 fully saturated rings. The van der Waals surface area contributed by atoms with E-state index in [0.717, 1.165) is 0 Å². The molecule has 0 saturated heterocycles. The number of carboxylic acid groups (broad SMARTS) is 1. The molecule has 0 rings (SSSR count). The van der Waals surface area contributed by atoms with Crippen molar-refractivity contribution < 1.29 is 14.6 Å². The van der Waals surface area contributed by atoms with Crippen LogP contribution in [0.15, 0.2) is 12.8 Å². The molecule has 0 atom stereocenters. The first kappa shape index (κ1) is 9.38. The lowest BCUT2D eigenvalue weighted by atomic mass is 11.2. The molecule has 0 saturated carbocycles. The summed E-state index contributed by atoms with van der Waals surface area (Å²) < 4.78 is 4.31. The summed E-state index contributed by atoms with van der Waals surface area (Å²) in [6.07, 6.45) is 1.38. The summed E-state index contributed by atoms with van der Waals surface area (Å²) >= 11 is 0. The van der Waals surface area contributed by atoms with Crippen LogP contribution in [0.5, 0.6) is 0 Å². The summed E-state index contributed by atoms with van der Waals surface area (Å²) in [6.45, 7) is 3.01. The number of hydrogen-bond donors (Lipinski definition) is 1. The number of hydrogen-bond acceptors (Lipinski definition) is 2. The monoisotopic (exact) mass is 104 g/mol. The Labute approximate surface area is 42.2 Å². The van der Waals surface area contributed by atoms with Crippen molar-refractivity contribution in [3.63, 3.8) is 0 Å². The molecular weight excluding hydrogens is 96.0 g/mol. The van der Waals surface area contributed by atoms with Gasteiger partial charge in [-0.15, -0.1) is 0 Å². The lowest BCUT2D eigenvalue weighted by molar-refractivity contribution is -0.122. The molecule has 3 nitrogen and oxygen atoms in total. The van der Waals surface area contributed by atoms with Gasteiger partial charge in [0.05, 0.1) is 13.4 Å². The molecule has 0 bridgehead atoms. The van der Waals surface area contributed by atoms with Gasteiger partial charge in [0.15, 0.2) is 0 Å². The molecule has 0 aromatic carbocycles. The second-order valence-electron chi connectivity index (χ2n) is 0.508. The molecule has 0 aliphatic carbocycles. The second-order valence-corrected chi connectivity index (χ2v) is 0.508. The van der Waals surface area contributed by atoms with Crippen molar-refractivity contribution >= 4 is 6.47 Å². The molecule has 0 aliphatic heterocycles. The molecule has 42 valence electrons. The molecule has 0 amide bonds. The fourth-order valence-electron chi connectivity index (χ4n) is 0. The summed E-state index contributed by atoms with van der Waals surface area (Å²) in [7, 11) is 1.56. The minimum atomic E-state index is -0.250. The van der Waals surface area contributed by atoms with Crippen molar-refractivity contribution in [1.29, 1.82) is 0 Å². The Kier molecular flexibility index (Phi) is 26.7. The van der Waals surface area contributed by atoms with Gasteiger partial charge in [0.2, 0.25) is 0 Å². The fraction of sp³-hybridized carbons (Fsp3) is 0.250. The van der Waals surface area contributed by atoms with Crippen LogP contribution in [0.4, 0.5) is 0 Å². The van der Waals surface area contributed by atoms with E-state index in [-0.39, 0.29) is 6.47 Å². The first-order valence-electron chi connectivity index (χ1n) is 1.55. The van der Waals surface area contributed by atoms with Gasteiger partial charge in [-0.05, 0) is 0 Å². The Hall–Kier alpha value is -0.990. The summed E-state index contributed by atoms with van der Waals surface area (Å²) in [5.41, 5.74) is 0. The molecule has 0 aromatic rings. The van der Waals surface area contributed by atoms with E-state index in [2.05, 4.69) is 11.3 Å². The zero-order chi connectivity index (χ0) is 6.12.